The minimum atomic E-state index is -0.371. The van der Waals surface area contributed by atoms with Crippen molar-refractivity contribution in [1.82, 2.24) is 9.88 Å². The fourth-order valence-corrected chi connectivity index (χ4v) is 5.84. The molecule has 0 bridgehead atoms. The molecule has 2 aromatic rings. The zero-order valence-electron chi connectivity index (χ0n) is 17.4. The number of thioether (sulfide) groups is 1. The number of carbonyl (C=O) groups is 3. The third-order valence-electron chi connectivity index (χ3n) is 5.38. The highest BCUT2D eigenvalue weighted by Crippen LogP contribution is 2.39. The number of nitrogens with one attached hydrogen (secondary N) is 1. The van der Waals surface area contributed by atoms with E-state index in [2.05, 4.69) is 10.3 Å². The van der Waals surface area contributed by atoms with Gasteiger partial charge >= 0.3 is 5.97 Å². The fourth-order valence-electron chi connectivity index (χ4n) is 3.91. The number of aromatic nitrogens is 1. The van der Waals surface area contributed by atoms with E-state index in [1.165, 1.54) is 23.1 Å². The van der Waals surface area contributed by atoms with Crippen molar-refractivity contribution in [2.45, 2.75) is 44.1 Å². The van der Waals surface area contributed by atoms with Crippen LogP contribution in [0.25, 0.3) is 0 Å². The number of likely N-dealkylation sites (tertiary alicyclic amines) is 1. The number of nitrogens with zero attached hydrogens (tertiary/aromatic N) is 2. The van der Waals surface area contributed by atoms with Crippen LogP contribution in [0.4, 0.5) is 5.00 Å². The van der Waals surface area contributed by atoms with Gasteiger partial charge in [0.05, 0.1) is 28.5 Å². The maximum absolute atomic E-state index is 12.5. The highest BCUT2D eigenvalue weighted by Gasteiger charge is 2.28. The monoisotopic (exact) mass is 459 g/mol. The van der Waals surface area contributed by atoms with Crippen molar-refractivity contribution in [3.8, 4) is 0 Å². The molecule has 2 amide bonds. The number of rotatable bonds is 7. The van der Waals surface area contributed by atoms with Gasteiger partial charge in [-0.3, -0.25) is 9.59 Å². The van der Waals surface area contributed by atoms with Crippen molar-refractivity contribution in [3.05, 3.63) is 39.9 Å². The Bertz CT molecular complexity index is 981. The predicted octanol–water partition coefficient (Wildman–Crippen LogP) is 3.78. The number of anilines is 1. The molecule has 3 heterocycles. The molecule has 31 heavy (non-hydrogen) atoms. The van der Waals surface area contributed by atoms with Gasteiger partial charge in [0.25, 0.3) is 5.91 Å². The summed E-state index contributed by atoms with van der Waals surface area (Å²) >= 11 is 2.77. The van der Waals surface area contributed by atoms with Gasteiger partial charge in [-0.05, 0) is 56.7 Å². The number of fused-ring (bicyclic) bond motifs is 1. The molecule has 1 fully saturated rings. The number of esters is 1. The molecule has 1 aliphatic carbocycles. The van der Waals surface area contributed by atoms with Gasteiger partial charge in [0.15, 0.2) is 0 Å². The Hall–Kier alpha value is -2.39. The number of ether oxygens (including phenoxy) is 1. The van der Waals surface area contributed by atoms with E-state index in [9.17, 15) is 14.4 Å². The molecule has 1 saturated heterocycles. The van der Waals surface area contributed by atoms with E-state index in [0.717, 1.165) is 55.6 Å². The van der Waals surface area contributed by atoms with Crippen molar-refractivity contribution in [3.63, 3.8) is 0 Å². The summed E-state index contributed by atoms with van der Waals surface area (Å²) < 4.78 is 5.20. The van der Waals surface area contributed by atoms with Crippen molar-refractivity contribution < 1.29 is 19.1 Å². The summed E-state index contributed by atoms with van der Waals surface area (Å²) in [6.07, 6.45) is 6.48. The van der Waals surface area contributed by atoms with Crippen LogP contribution in [0.3, 0.4) is 0 Å². The first-order valence-corrected chi connectivity index (χ1v) is 12.4. The lowest BCUT2D eigenvalue weighted by Gasteiger charge is -2.14. The van der Waals surface area contributed by atoms with E-state index in [1.807, 2.05) is 4.90 Å². The van der Waals surface area contributed by atoms with Gasteiger partial charge in [0, 0.05) is 24.2 Å². The molecular formula is C22H25N3O4S2. The molecule has 0 spiro atoms. The zero-order chi connectivity index (χ0) is 21.8. The maximum Gasteiger partial charge on any atom is 0.341 e. The normalized spacial score (nSPS) is 15.1. The second-order valence-electron chi connectivity index (χ2n) is 7.50. The minimum Gasteiger partial charge on any atom is -0.462 e. The van der Waals surface area contributed by atoms with E-state index in [0.29, 0.717) is 27.8 Å². The lowest BCUT2D eigenvalue weighted by molar-refractivity contribution is -0.113. The summed E-state index contributed by atoms with van der Waals surface area (Å²) in [6.45, 7) is 3.68. The van der Waals surface area contributed by atoms with Crippen molar-refractivity contribution >= 4 is 45.9 Å². The van der Waals surface area contributed by atoms with E-state index in [-0.39, 0.29) is 23.5 Å². The Labute approximate surface area is 189 Å². The van der Waals surface area contributed by atoms with Gasteiger partial charge in [0.1, 0.15) is 5.00 Å². The Balaban J connectivity index is 1.35. The molecule has 4 rings (SSSR count). The molecule has 1 aliphatic heterocycles. The lowest BCUT2D eigenvalue weighted by atomic mass is 10.1. The number of thiophene rings is 1. The van der Waals surface area contributed by atoms with Gasteiger partial charge in [0.2, 0.25) is 5.91 Å². The molecule has 7 nitrogen and oxygen atoms in total. The SMILES string of the molecule is CCOC(=O)c1c(NC(=O)CSc2ccc(C(=O)N3CCCC3)cn2)sc2c1CCC2. The zero-order valence-corrected chi connectivity index (χ0v) is 19.1. The quantitative estimate of drug-likeness (QED) is 0.501. The van der Waals surface area contributed by atoms with Crippen LogP contribution < -0.4 is 5.32 Å². The Morgan fingerprint density at radius 1 is 1.19 bits per heavy atom. The van der Waals surface area contributed by atoms with E-state index >= 15 is 0 Å². The van der Waals surface area contributed by atoms with Crippen LogP contribution in [0.1, 0.15) is 57.3 Å². The Morgan fingerprint density at radius 3 is 2.71 bits per heavy atom. The molecule has 0 atom stereocenters. The number of aryl methyl sites for hydroxylation is 1. The van der Waals surface area contributed by atoms with E-state index in [1.54, 1.807) is 25.3 Å². The smallest absolute Gasteiger partial charge is 0.341 e. The minimum absolute atomic E-state index is 0.0107. The molecule has 0 radical (unpaired) electrons. The van der Waals surface area contributed by atoms with Crippen LogP contribution in [0, 0.1) is 0 Å². The second-order valence-corrected chi connectivity index (χ2v) is 9.60. The third-order valence-corrected chi connectivity index (χ3v) is 7.53. The summed E-state index contributed by atoms with van der Waals surface area (Å²) in [5.41, 5.74) is 2.11. The van der Waals surface area contributed by atoms with Crippen LogP contribution >= 0.6 is 23.1 Å². The summed E-state index contributed by atoms with van der Waals surface area (Å²) in [5.74, 6) is -0.396. The van der Waals surface area contributed by atoms with Crippen LogP contribution in [0.5, 0.6) is 0 Å². The van der Waals surface area contributed by atoms with Crippen LogP contribution in [0.2, 0.25) is 0 Å². The van der Waals surface area contributed by atoms with Gasteiger partial charge in [-0.25, -0.2) is 9.78 Å². The first-order valence-electron chi connectivity index (χ1n) is 10.6. The van der Waals surface area contributed by atoms with Gasteiger partial charge in [-0.15, -0.1) is 11.3 Å². The molecule has 1 N–H and O–H groups in total. The Morgan fingerprint density at radius 2 is 2.00 bits per heavy atom. The summed E-state index contributed by atoms with van der Waals surface area (Å²) in [4.78, 5) is 44.7. The second kappa shape index (κ2) is 9.82. The van der Waals surface area contributed by atoms with Crippen molar-refractivity contribution in [2.75, 3.05) is 30.8 Å². The molecular weight excluding hydrogens is 434 g/mol. The number of pyridine rings is 1. The molecule has 0 aromatic carbocycles. The number of hydrogen-bond donors (Lipinski definition) is 1. The summed E-state index contributed by atoms with van der Waals surface area (Å²) in [7, 11) is 0. The standard InChI is InChI=1S/C22H25N3O4S2/c1-2-29-22(28)19-15-6-5-7-16(15)31-20(19)24-17(26)13-30-18-9-8-14(12-23-18)21(27)25-10-3-4-11-25/h8-9,12H,2-7,10-11,13H2,1H3,(H,24,26). The highest BCUT2D eigenvalue weighted by molar-refractivity contribution is 7.99. The van der Waals surface area contributed by atoms with Crippen molar-refractivity contribution in [2.24, 2.45) is 0 Å². The van der Waals surface area contributed by atoms with Gasteiger partial charge in [-0.2, -0.15) is 0 Å². The predicted molar refractivity (Wildman–Crippen MR) is 121 cm³/mol. The van der Waals surface area contributed by atoms with Crippen LogP contribution in [0.15, 0.2) is 23.4 Å². The first kappa shape index (κ1) is 21.8. The number of hydrogen-bond acceptors (Lipinski definition) is 7. The first-order chi connectivity index (χ1) is 15.1. The average molecular weight is 460 g/mol. The van der Waals surface area contributed by atoms with Crippen molar-refractivity contribution in [1.29, 1.82) is 0 Å². The maximum atomic E-state index is 12.5. The average Bonchev–Trinajstić information content (AvgIpc) is 3.50. The van der Waals surface area contributed by atoms with Crippen LogP contribution in [-0.2, 0) is 22.4 Å². The molecule has 2 aromatic heterocycles. The number of carbonyl (C=O) groups excluding carboxylic acids is 3. The highest BCUT2D eigenvalue weighted by atomic mass is 32.2. The molecule has 0 saturated carbocycles. The summed E-state index contributed by atoms with van der Waals surface area (Å²) in [6, 6.07) is 3.53. The third kappa shape index (κ3) is 4.93. The lowest BCUT2D eigenvalue weighted by Crippen LogP contribution is -2.27. The van der Waals surface area contributed by atoms with E-state index < -0.39 is 0 Å². The Kier molecular flexibility index (Phi) is 6.92. The molecule has 0 unspecified atom stereocenters. The van der Waals surface area contributed by atoms with Crippen LogP contribution in [-0.4, -0.2) is 53.1 Å². The van der Waals surface area contributed by atoms with Gasteiger partial charge < -0.3 is 15.0 Å². The molecule has 9 heteroatoms. The number of amides is 2. The molecule has 164 valence electrons. The van der Waals surface area contributed by atoms with E-state index in [4.69, 9.17) is 4.74 Å². The summed E-state index contributed by atoms with van der Waals surface area (Å²) in [5, 5.41) is 4.14. The fraction of sp³-hybridized carbons (Fsp3) is 0.455. The van der Waals surface area contributed by atoms with Gasteiger partial charge in [-0.1, -0.05) is 11.8 Å². The largest absolute Gasteiger partial charge is 0.462 e. The molecule has 2 aliphatic rings. The topological polar surface area (TPSA) is 88.6 Å².